The molecule has 12 heteroatoms. The highest BCUT2D eigenvalue weighted by atomic mass is 35.5. The average molecular weight is 472 g/mol. The average Bonchev–Trinajstić information content (AvgIpc) is 2.74. The van der Waals surface area contributed by atoms with E-state index in [4.69, 9.17) is 21.1 Å². The highest BCUT2D eigenvalue weighted by molar-refractivity contribution is 7.89. The minimum absolute atomic E-state index is 0.0254. The van der Waals surface area contributed by atoms with Gasteiger partial charge in [0, 0.05) is 13.1 Å². The molecule has 0 aromatic heterocycles. The Labute approximate surface area is 184 Å². The smallest absolute Gasteiger partial charge is 0.314 e. The summed E-state index contributed by atoms with van der Waals surface area (Å²) in [4.78, 5) is 22.8. The van der Waals surface area contributed by atoms with Gasteiger partial charge in [-0.2, -0.15) is 4.31 Å². The van der Waals surface area contributed by atoms with Crippen molar-refractivity contribution in [2.24, 2.45) is 0 Å². The SMILES string of the molecule is CCN(CC)S(=O)(=O)c1ccc(Cl)c(NC(=O)COc2ccc(OC)cc2[N+](=O)[O-])c1. The van der Waals surface area contributed by atoms with E-state index in [9.17, 15) is 23.3 Å². The van der Waals surface area contributed by atoms with Crippen LogP contribution in [0, 0.1) is 10.1 Å². The van der Waals surface area contributed by atoms with Crippen LogP contribution >= 0.6 is 11.6 Å². The van der Waals surface area contributed by atoms with Crippen molar-refractivity contribution in [2.75, 3.05) is 32.1 Å². The quantitative estimate of drug-likeness (QED) is 0.415. The third kappa shape index (κ3) is 5.84. The maximum atomic E-state index is 12.7. The standard InChI is InChI=1S/C19H22ClN3O7S/c1-4-22(5-2)31(27,28)14-7-8-15(20)16(11-14)21-19(24)12-30-18-9-6-13(29-3)10-17(18)23(25)26/h6-11H,4-5,12H2,1-3H3,(H,21,24). The second-order valence-electron chi connectivity index (χ2n) is 6.16. The fourth-order valence-corrected chi connectivity index (χ4v) is 4.34. The number of ether oxygens (including phenoxy) is 2. The van der Waals surface area contributed by atoms with Gasteiger partial charge in [-0.1, -0.05) is 25.4 Å². The van der Waals surface area contributed by atoms with Crippen LogP contribution in [0.3, 0.4) is 0 Å². The summed E-state index contributed by atoms with van der Waals surface area (Å²) in [6.07, 6.45) is 0. The van der Waals surface area contributed by atoms with E-state index in [1.54, 1.807) is 13.8 Å². The Morgan fingerprint density at radius 1 is 1.19 bits per heavy atom. The number of anilines is 1. The number of carbonyl (C=O) groups excluding carboxylic acids is 1. The molecule has 31 heavy (non-hydrogen) atoms. The molecule has 1 amide bonds. The van der Waals surface area contributed by atoms with Crippen molar-refractivity contribution in [3.63, 3.8) is 0 Å². The topological polar surface area (TPSA) is 128 Å². The van der Waals surface area contributed by atoms with Crippen LogP contribution in [-0.2, 0) is 14.8 Å². The van der Waals surface area contributed by atoms with Gasteiger partial charge in [0.1, 0.15) is 5.75 Å². The predicted octanol–water partition coefficient (Wildman–Crippen LogP) is 3.30. The molecule has 0 spiro atoms. The monoisotopic (exact) mass is 471 g/mol. The summed E-state index contributed by atoms with van der Waals surface area (Å²) in [5, 5.41) is 13.8. The molecule has 0 radical (unpaired) electrons. The lowest BCUT2D eigenvalue weighted by Gasteiger charge is -2.19. The normalized spacial score (nSPS) is 11.3. The summed E-state index contributed by atoms with van der Waals surface area (Å²) in [5.74, 6) is -0.532. The number of nitrogens with one attached hydrogen (secondary N) is 1. The van der Waals surface area contributed by atoms with E-state index in [2.05, 4.69) is 5.32 Å². The number of amides is 1. The summed E-state index contributed by atoms with van der Waals surface area (Å²) in [6.45, 7) is 3.45. The van der Waals surface area contributed by atoms with Gasteiger partial charge in [0.15, 0.2) is 12.4 Å². The number of benzene rings is 2. The Kier molecular flexibility index (Phi) is 8.20. The van der Waals surface area contributed by atoms with Crippen LogP contribution < -0.4 is 14.8 Å². The molecule has 0 saturated carbocycles. The molecule has 0 aliphatic heterocycles. The van der Waals surface area contributed by atoms with Crippen LogP contribution in [-0.4, -0.2) is 50.4 Å². The molecule has 2 aromatic rings. The van der Waals surface area contributed by atoms with Gasteiger partial charge < -0.3 is 14.8 Å². The maximum Gasteiger partial charge on any atom is 0.314 e. The molecule has 2 aromatic carbocycles. The molecule has 0 aliphatic rings. The van der Waals surface area contributed by atoms with Crippen LogP contribution in [0.5, 0.6) is 11.5 Å². The maximum absolute atomic E-state index is 12.7. The first-order chi connectivity index (χ1) is 14.6. The zero-order valence-corrected chi connectivity index (χ0v) is 18.7. The van der Waals surface area contributed by atoms with Gasteiger partial charge in [0.05, 0.1) is 33.7 Å². The third-order valence-electron chi connectivity index (χ3n) is 4.28. The van der Waals surface area contributed by atoms with E-state index in [0.717, 1.165) is 0 Å². The molecule has 0 bridgehead atoms. The Morgan fingerprint density at radius 3 is 2.45 bits per heavy atom. The number of hydrogen-bond acceptors (Lipinski definition) is 7. The summed E-state index contributed by atoms with van der Waals surface area (Å²) >= 11 is 6.09. The number of rotatable bonds is 10. The van der Waals surface area contributed by atoms with Crippen molar-refractivity contribution < 1.29 is 27.6 Å². The Hall–Kier alpha value is -2.89. The summed E-state index contributed by atoms with van der Waals surface area (Å²) in [5.41, 5.74) is -0.287. The number of methoxy groups -OCH3 is 1. The van der Waals surface area contributed by atoms with Crippen molar-refractivity contribution in [1.82, 2.24) is 4.31 Å². The highest BCUT2D eigenvalue weighted by Gasteiger charge is 2.23. The van der Waals surface area contributed by atoms with Crippen LogP contribution in [0.4, 0.5) is 11.4 Å². The molecular formula is C19H22ClN3O7S. The minimum Gasteiger partial charge on any atom is -0.496 e. The van der Waals surface area contributed by atoms with Gasteiger partial charge in [-0.3, -0.25) is 14.9 Å². The molecule has 0 fully saturated rings. The summed E-state index contributed by atoms with van der Waals surface area (Å²) in [6, 6.07) is 7.91. The third-order valence-corrected chi connectivity index (χ3v) is 6.65. The molecular weight excluding hydrogens is 450 g/mol. The van der Waals surface area contributed by atoms with Gasteiger partial charge in [-0.25, -0.2) is 8.42 Å². The zero-order chi connectivity index (χ0) is 23.2. The second-order valence-corrected chi connectivity index (χ2v) is 8.50. The van der Waals surface area contributed by atoms with Crippen molar-refractivity contribution in [3.05, 3.63) is 51.5 Å². The van der Waals surface area contributed by atoms with E-state index in [0.29, 0.717) is 0 Å². The predicted molar refractivity (Wildman–Crippen MR) is 115 cm³/mol. The number of carbonyl (C=O) groups is 1. The van der Waals surface area contributed by atoms with E-state index >= 15 is 0 Å². The van der Waals surface area contributed by atoms with Gasteiger partial charge in [-0.05, 0) is 30.3 Å². The highest BCUT2D eigenvalue weighted by Crippen LogP contribution is 2.31. The number of nitro benzene ring substituents is 1. The van der Waals surface area contributed by atoms with Crippen molar-refractivity contribution in [1.29, 1.82) is 0 Å². The Morgan fingerprint density at radius 2 is 1.87 bits per heavy atom. The summed E-state index contributed by atoms with van der Waals surface area (Å²) in [7, 11) is -2.38. The molecule has 0 unspecified atom stereocenters. The van der Waals surface area contributed by atoms with Gasteiger partial charge in [-0.15, -0.1) is 0 Å². The van der Waals surface area contributed by atoms with E-state index in [-0.39, 0.29) is 45.9 Å². The van der Waals surface area contributed by atoms with Crippen molar-refractivity contribution in [2.45, 2.75) is 18.7 Å². The minimum atomic E-state index is -3.75. The molecule has 0 saturated heterocycles. The fraction of sp³-hybridized carbons (Fsp3) is 0.316. The molecule has 0 aliphatic carbocycles. The summed E-state index contributed by atoms with van der Waals surface area (Å²) < 4.78 is 36.8. The second kappa shape index (κ2) is 10.4. The van der Waals surface area contributed by atoms with Gasteiger partial charge in [0.25, 0.3) is 5.91 Å². The fourth-order valence-electron chi connectivity index (χ4n) is 2.69. The molecule has 10 nitrogen and oxygen atoms in total. The first kappa shape index (κ1) is 24.4. The lowest BCUT2D eigenvalue weighted by molar-refractivity contribution is -0.385. The molecule has 0 heterocycles. The molecule has 168 valence electrons. The molecule has 1 N–H and O–H groups in total. The van der Waals surface area contributed by atoms with Crippen LogP contribution in [0.15, 0.2) is 41.3 Å². The van der Waals surface area contributed by atoms with E-state index in [1.807, 2.05) is 0 Å². The largest absolute Gasteiger partial charge is 0.496 e. The number of hydrogen-bond donors (Lipinski definition) is 1. The number of sulfonamides is 1. The zero-order valence-electron chi connectivity index (χ0n) is 17.1. The van der Waals surface area contributed by atoms with E-state index in [1.165, 1.54) is 47.8 Å². The van der Waals surface area contributed by atoms with Gasteiger partial charge in [0.2, 0.25) is 10.0 Å². The first-order valence-corrected chi connectivity index (χ1v) is 11.0. The van der Waals surface area contributed by atoms with Crippen molar-refractivity contribution >= 4 is 38.9 Å². The molecule has 0 atom stereocenters. The Bertz CT molecular complexity index is 1070. The van der Waals surface area contributed by atoms with E-state index < -0.39 is 27.5 Å². The van der Waals surface area contributed by atoms with Crippen molar-refractivity contribution in [3.8, 4) is 11.5 Å². The number of nitro groups is 1. The number of halogens is 1. The molecule has 2 rings (SSSR count). The van der Waals surface area contributed by atoms with Crippen LogP contribution in [0.2, 0.25) is 5.02 Å². The Balaban J connectivity index is 2.17. The number of nitrogens with zero attached hydrogens (tertiary/aromatic N) is 2. The lowest BCUT2D eigenvalue weighted by Crippen LogP contribution is -2.30. The van der Waals surface area contributed by atoms with Crippen LogP contribution in [0.25, 0.3) is 0 Å². The van der Waals surface area contributed by atoms with Crippen LogP contribution in [0.1, 0.15) is 13.8 Å². The van der Waals surface area contributed by atoms with Gasteiger partial charge >= 0.3 is 5.69 Å². The first-order valence-electron chi connectivity index (χ1n) is 9.18. The lowest BCUT2D eigenvalue weighted by atomic mass is 10.3.